The van der Waals surface area contributed by atoms with Gasteiger partial charge in [0.25, 0.3) is 0 Å². The molecule has 3 rings (SSSR count). The van der Waals surface area contributed by atoms with Gasteiger partial charge in [-0.1, -0.05) is 16.8 Å². The maximum absolute atomic E-state index is 14.6. The number of nitrogens with zero attached hydrogens (tertiary/aromatic N) is 4. The lowest BCUT2D eigenvalue weighted by Gasteiger charge is -2.15. The minimum atomic E-state index is -1.60. The van der Waals surface area contributed by atoms with Crippen molar-refractivity contribution in [3.05, 3.63) is 54.3 Å². The highest BCUT2D eigenvalue weighted by Gasteiger charge is 2.43. The van der Waals surface area contributed by atoms with Gasteiger partial charge in [-0.05, 0) is 31.3 Å². The molecule has 28 heavy (non-hydrogen) atoms. The van der Waals surface area contributed by atoms with Gasteiger partial charge >= 0.3 is 17.3 Å². The molecule has 0 spiro atoms. The van der Waals surface area contributed by atoms with Crippen LogP contribution in [0.15, 0.2) is 26.9 Å². The third-order valence-electron chi connectivity index (χ3n) is 4.43. The Balaban J connectivity index is 2.24. The van der Waals surface area contributed by atoms with Gasteiger partial charge in [-0.25, -0.2) is 23.3 Å². The van der Waals surface area contributed by atoms with E-state index in [1.165, 1.54) is 21.0 Å². The van der Waals surface area contributed by atoms with Crippen LogP contribution in [0, 0.1) is 10.6 Å². The first-order chi connectivity index (χ1) is 13.0. The fraction of sp³-hybridized carbons (Fsp3) is 0.312. The van der Waals surface area contributed by atoms with Gasteiger partial charge in [-0.2, -0.15) is 0 Å². The number of rotatable bonds is 3. The second-order valence-corrected chi connectivity index (χ2v) is 7.20. The van der Waals surface area contributed by atoms with Gasteiger partial charge in [0.1, 0.15) is 5.82 Å². The zero-order valence-corrected chi connectivity index (χ0v) is 16.5. The molecule has 2 heterocycles. The zero-order valence-electron chi connectivity index (χ0n) is 14.9. The number of halogens is 2. The topological polar surface area (TPSA) is 108 Å². The molecule has 0 unspecified atom stereocenters. The third kappa shape index (κ3) is 2.96. The fourth-order valence-corrected chi connectivity index (χ4v) is 3.12. The van der Waals surface area contributed by atoms with E-state index < -0.39 is 28.8 Å². The number of oxime groups is 1. The van der Waals surface area contributed by atoms with Gasteiger partial charge < -0.3 is 9.94 Å². The molecule has 0 fully saturated rings. The molecule has 1 aliphatic rings. The molecule has 0 saturated heterocycles. The second kappa shape index (κ2) is 6.67. The Labute approximate surface area is 166 Å². The van der Waals surface area contributed by atoms with E-state index in [9.17, 15) is 23.9 Å². The van der Waals surface area contributed by atoms with Crippen LogP contribution in [0.4, 0.5) is 4.39 Å². The lowest BCUT2D eigenvalue weighted by Crippen LogP contribution is -2.43. The molecule has 0 saturated carbocycles. The van der Waals surface area contributed by atoms with E-state index in [2.05, 4.69) is 5.16 Å². The summed E-state index contributed by atoms with van der Waals surface area (Å²) < 4.78 is 17.2. The van der Waals surface area contributed by atoms with Crippen molar-refractivity contribution >= 4 is 35.5 Å². The normalized spacial score (nSPS) is 18.7. The predicted octanol–water partition coefficient (Wildman–Crippen LogP) is 1.36. The summed E-state index contributed by atoms with van der Waals surface area (Å²) in [6.07, 6.45) is -0.140. The van der Waals surface area contributed by atoms with Crippen LogP contribution in [-0.2, 0) is 23.7 Å². The summed E-state index contributed by atoms with van der Waals surface area (Å²) in [5.41, 5.74) is -3.38. The molecular formula is C16H14ClFN4O5S. The Bertz CT molecular complexity index is 1190. The molecule has 1 aromatic carbocycles. The average Bonchev–Trinajstić information content (AvgIpc) is 3.03. The Morgan fingerprint density at radius 3 is 2.39 bits per heavy atom. The molecular weight excluding hydrogens is 415 g/mol. The highest BCUT2D eigenvalue weighted by atomic mass is 35.5. The molecule has 1 N–H and O–H groups in total. The Hall–Kier alpha value is -2.79. The largest absolute Gasteiger partial charge is 0.478 e. The molecule has 0 radical (unpaired) electrons. The highest BCUT2D eigenvalue weighted by molar-refractivity contribution is 7.71. The SMILES string of the molecule is Cn1c(=S)n(C)c(=O)n(-c2cc(C3=NO[C@](C)(C(=O)O)C3)c(Cl)cc2F)c1=O. The summed E-state index contributed by atoms with van der Waals surface area (Å²) in [5.74, 6) is -2.16. The first-order valence-electron chi connectivity index (χ1n) is 7.85. The average molecular weight is 429 g/mol. The van der Waals surface area contributed by atoms with E-state index in [0.717, 1.165) is 21.3 Å². The van der Waals surface area contributed by atoms with Gasteiger partial charge in [0.05, 0.1) is 16.4 Å². The van der Waals surface area contributed by atoms with Crippen LogP contribution < -0.4 is 11.4 Å². The van der Waals surface area contributed by atoms with E-state index in [0.29, 0.717) is 4.57 Å². The molecule has 0 aliphatic carbocycles. The molecule has 148 valence electrons. The molecule has 12 heteroatoms. The summed E-state index contributed by atoms with van der Waals surface area (Å²) >= 11 is 11.1. The summed E-state index contributed by atoms with van der Waals surface area (Å²) in [5, 5.41) is 12.9. The third-order valence-corrected chi connectivity index (χ3v) is 5.29. The van der Waals surface area contributed by atoms with Gasteiger partial charge in [0.15, 0.2) is 4.77 Å². The number of hydrogen-bond donors (Lipinski definition) is 1. The van der Waals surface area contributed by atoms with Gasteiger partial charge in [-0.15, -0.1) is 0 Å². The van der Waals surface area contributed by atoms with Crippen LogP contribution in [0.25, 0.3) is 5.69 Å². The lowest BCUT2D eigenvalue weighted by atomic mass is 9.96. The van der Waals surface area contributed by atoms with E-state index in [1.54, 1.807) is 0 Å². The van der Waals surface area contributed by atoms with Crippen molar-refractivity contribution in [2.45, 2.75) is 18.9 Å². The van der Waals surface area contributed by atoms with Crippen molar-refractivity contribution in [1.29, 1.82) is 0 Å². The first kappa shape index (κ1) is 20.0. The molecule has 1 atom stereocenters. The molecule has 1 aromatic heterocycles. The summed E-state index contributed by atoms with van der Waals surface area (Å²) in [4.78, 5) is 41.4. The maximum Gasteiger partial charge on any atom is 0.351 e. The monoisotopic (exact) mass is 428 g/mol. The number of carboxylic acid groups (broad SMARTS) is 1. The van der Waals surface area contributed by atoms with Crippen LogP contribution in [0.2, 0.25) is 5.02 Å². The quantitative estimate of drug-likeness (QED) is 0.740. The lowest BCUT2D eigenvalue weighted by molar-refractivity contribution is -0.160. The summed E-state index contributed by atoms with van der Waals surface area (Å²) in [7, 11) is 2.70. The Kier molecular flexibility index (Phi) is 4.76. The Morgan fingerprint density at radius 2 is 1.89 bits per heavy atom. The van der Waals surface area contributed by atoms with Crippen LogP contribution in [0.1, 0.15) is 18.9 Å². The van der Waals surface area contributed by atoms with E-state index in [1.807, 2.05) is 0 Å². The van der Waals surface area contributed by atoms with Crippen molar-refractivity contribution in [2.75, 3.05) is 0 Å². The van der Waals surface area contributed by atoms with Gasteiger partial charge in [0.2, 0.25) is 5.60 Å². The molecule has 0 bridgehead atoms. The second-order valence-electron chi connectivity index (χ2n) is 6.43. The zero-order chi connectivity index (χ0) is 21.0. The van der Waals surface area contributed by atoms with Crippen molar-refractivity contribution in [2.24, 2.45) is 19.3 Å². The smallest absolute Gasteiger partial charge is 0.351 e. The number of aliphatic carboxylic acids is 1. The first-order valence-corrected chi connectivity index (χ1v) is 8.64. The van der Waals surface area contributed by atoms with Crippen molar-refractivity contribution in [1.82, 2.24) is 13.7 Å². The minimum Gasteiger partial charge on any atom is -0.478 e. The fourth-order valence-electron chi connectivity index (χ4n) is 2.71. The standard InChI is InChI=1S/C16H14ClFN4O5S/c1-16(12(23)24)6-10(19-27-16)7-4-11(9(18)5-8(7)17)22-13(25)20(2)15(28)21(3)14(22)26/h4-5H,6H2,1-3H3,(H,23,24)/t16-/m0/s1. The van der Waals surface area contributed by atoms with E-state index in [4.69, 9.17) is 28.7 Å². The van der Waals surface area contributed by atoms with Crippen LogP contribution in [-0.4, -0.2) is 36.1 Å². The molecule has 2 aromatic rings. The van der Waals surface area contributed by atoms with Gasteiger partial charge in [-0.3, -0.25) is 9.13 Å². The molecule has 9 nitrogen and oxygen atoms in total. The number of hydrogen-bond acceptors (Lipinski definition) is 6. The van der Waals surface area contributed by atoms with E-state index in [-0.39, 0.29) is 33.2 Å². The van der Waals surface area contributed by atoms with Crippen LogP contribution in [0.5, 0.6) is 0 Å². The molecule has 0 amide bonds. The van der Waals surface area contributed by atoms with E-state index >= 15 is 0 Å². The van der Waals surface area contributed by atoms with Gasteiger partial charge in [0, 0.05) is 26.1 Å². The highest BCUT2D eigenvalue weighted by Crippen LogP contribution is 2.31. The summed E-state index contributed by atoms with van der Waals surface area (Å²) in [6.45, 7) is 1.33. The van der Waals surface area contributed by atoms with Crippen molar-refractivity contribution < 1.29 is 19.1 Å². The minimum absolute atomic E-state index is 0.0355. The predicted molar refractivity (Wildman–Crippen MR) is 100 cm³/mol. The van der Waals surface area contributed by atoms with Crippen molar-refractivity contribution in [3.63, 3.8) is 0 Å². The van der Waals surface area contributed by atoms with Crippen molar-refractivity contribution in [3.8, 4) is 5.69 Å². The van der Waals surface area contributed by atoms with Crippen LogP contribution in [0.3, 0.4) is 0 Å². The number of aromatic nitrogens is 3. The maximum atomic E-state index is 14.6. The Morgan fingerprint density at radius 1 is 1.32 bits per heavy atom. The summed E-state index contributed by atoms with van der Waals surface area (Å²) in [6, 6.07) is 2.07. The number of carboxylic acids is 1. The number of benzene rings is 1. The number of carbonyl (C=O) groups is 1. The molecule has 1 aliphatic heterocycles. The van der Waals surface area contributed by atoms with Crippen LogP contribution >= 0.6 is 23.8 Å².